The van der Waals surface area contributed by atoms with Crippen molar-refractivity contribution in [1.29, 1.82) is 5.26 Å². The van der Waals surface area contributed by atoms with E-state index in [1.54, 1.807) is 30.3 Å². The van der Waals surface area contributed by atoms with E-state index in [1.807, 2.05) is 50.2 Å². The van der Waals surface area contributed by atoms with Crippen molar-refractivity contribution >= 4 is 29.1 Å². The highest BCUT2D eigenvalue weighted by molar-refractivity contribution is 6.33. The molecule has 3 aromatic carbocycles. The molecule has 0 saturated carbocycles. The van der Waals surface area contributed by atoms with Crippen LogP contribution in [0.2, 0.25) is 5.02 Å². The van der Waals surface area contributed by atoms with E-state index in [9.17, 15) is 0 Å². The molecule has 32 heavy (non-hydrogen) atoms. The van der Waals surface area contributed by atoms with Crippen LogP contribution in [-0.2, 0) is 0 Å². The molecular weight excluding hydrogens is 422 g/mol. The van der Waals surface area contributed by atoms with Crippen molar-refractivity contribution in [3.63, 3.8) is 0 Å². The Kier molecular flexibility index (Phi) is 5.93. The molecule has 1 heterocycles. The summed E-state index contributed by atoms with van der Waals surface area (Å²) in [6, 6.07) is 22.4. The average Bonchev–Trinajstić information content (AvgIpc) is 2.76. The van der Waals surface area contributed by atoms with E-state index in [-0.39, 0.29) is 5.82 Å². The van der Waals surface area contributed by atoms with Gasteiger partial charge in [0.05, 0.1) is 11.6 Å². The molecule has 3 N–H and O–H groups in total. The van der Waals surface area contributed by atoms with Gasteiger partial charge in [-0.05, 0) is 73.0 Å². The highest BCUT2D eigenvalue weighted by atomic mass is 35.5. The fourth-order valence-corrected chi connectivity index (χ4v) is 3.62. The predicted octanol–water partition coefficient (Wildman–Crippen LogP) is 6.40. The van der Waals surface area contributed by atoms with Gasteiger partial charge in [0.15, 0.2) is 0 Å². The number of aryl methyl sites for hydroxylation is 2. The van der Waals surface area contributed by atoms with E-state index in [0.29, 0.717) is 28.2 Å². The van der Waals surface area contributed by atoms with E-state index >= 15 is 0 Å². The lowest BCUT2D eigenvalue weighted by molar-refractivity contribution is 0.456. The molecule has 0 radical (unpaired) electrons. The molecule has 1 aromatic heterocycles. The molecule has 0 aliphatic carbocycles. The molecule has 4 rings (SSSR count). The van der Waals surface area contributed by atoms with Gasteiger partial charge >= 0.3 is 0 Å². The molecule has 0 unspecified atom stereocenters. The molecule has 0 aliphatic rings. The quantitative estimate of drug-likeness (QED) is 0.371. The summed E-state index contributed by atoms with van der Waals surface area (Å²) < 4.78 is 6.11. The predicted molar refractivity (Wildman–Crippen MR) is 127 cm³/mol. The Hall–Kier alpha value is -4.08. The van der Waals surface area contributed by atoms with E-state index in [1.165, 1.54) is 0 Å². The van der Waals surface area contributed by atoms with Gasteiger partial charge in [-0.3, -0.25) is 0 Å². The van der Waals surface area contributed by atoms with Crippen molar-refractivity contribution in [3.05, 3.63) is 88.4 Å². The van der Waals surface area contributed by atoms with Crippen LogP contribution in [0.5, 0.6) is 11.6 Å². The number of nitrogen functional groups attached to an aromatic ring is 1. The van der Waals surface area contributed by atoms with Crippen LogP contribution in [0, 0.1) is 25.2 Å². The van der Waals surface area contributed by atoms with Gasteiger partial charge < -0.3 is 15.8 Å². The minimum Gasteiger partial charge on any atom is -0.438 e. The maximum Gasteiger partial charge on any atom is 0.232 e. The van der Waals surface area contributed by atoms with Crippen LogP contribution in [-0.4, -0.2) is 9.97 Å². The Balaban J connectivity index is 1.61. The fourth-order valence-electron chi connectivity index (χ4n) is 3.37. The van der Waals surface area contributed by atoms with Crippen molar-refractivity contribution in [2.75, 3.05) is 11.1 Å². The number of benzene rings is 3. The van der Waals surface area contributed by atoms with Gasteiger partial charge in [0.1, 0.15) is 11.6 Å². The summed E-state index contributed by atoms with van der Waals surface area (Å²) in [5.74, 6) is 1.59. The highest BCUT2D eigenvalue weighted by Crippen LogP contribution is 2.35. The van der Waals surface area contributed by atoms with Crippen LogP contribution in [0.4, 0.5) is 17.5 Å². The minimum absolute atomic E-state index is 0.272. The van der Waals surface area contributed by atoms with E-state index in [2.05, 4.69) is 21.4 Å². The number of ether oxygens (including phenoxy) is 1. The summed E-state index contributed by atoms with van der Waals surface area (Å²) in [7, 11) is 0. The summed E-state index contributed by atoms with van der Waals surface area (Å²) >= 11 is 6.37. The first kappa shape index (κ1) is 21.2. The molecule has 0 bridgehead atoms. The zero-order valence-corrected chi connectivity index (χ0v) is 18.3. The molecule has 0 fully saturated rings. The summed E-state index contributed by atoms with van der Waals surface area (Å²) in [6.07, 6.45) is 0. The molecule has 6 nitrogen and oxygen atoms in total. The van der Waals surface area contributed by atoms with E-state index in [4.69, 9.17) is 27.3 Å². The molecule has 0 amide bonds. The van der Waals surface area contributed by atoms with Crippen LogP contribution >= 0.6 is 11.6 Å². The first-order valence-electron chi connectivity index (χ1n) is 9.88. The summed E-state index contributed by atoms with van der Waals surface area (Å²) in [5.41, 5.74) is 11.1. The van der Waals surface area contributed by atoms with Crippen molar-refractivity contribution in [1.82, 2.24) is 9.97 Å². The first-order valence-corrected chi connectivity index (χ1v) is 10.3. The Labute approximate surface area is 191 Å². The van der Waals surface area contributed by atoms with Crippen LogP contribution in [0.3, 0.4) is 0 Å². The van der Waals surface area contributed by atoms with Crippen molar-refractivity contribution < 1.29 is 4.74 Å². The maximum absolute atomic E-state index is 8.94. The van der Waals surface area contributed by atoms with Gasteiger partial charge in [0.25, 0.3) is 0 Å². The second kappa shape index (κ2) is 8.96. The lowest BCUT2D eigenvalue weighted by Gasteiger charge is -2.15. The smallest absolute Gasteiger partial charge is 0.232 e. The largest absolute Gasteiger partial charge is 0.438 e. The second-order valence-electron chi connectivity index (χ2n) is 7.29. The van der Waals surface area contributed by atoms with Crippen LogP contribution in [0.15, 0.2) is 66.7 Å². The lowest BCUT2D eigenvalue weighted by atomic mass is 10.00. The molecular formula is C25H20ClN5O. The zero-order valence-electron chi connectivity index (χ0n) is 17.6. The lowest BCUT2D eigenvalue weighted by Crippen LogP contribution is -2.03. The summed E-state index contributed by atoms with van der Waals surface area (Å²) in [5, 5.41) is 12.7. The number of aromatic nitrogens is 2. The number of halogens is 1. The number of anilines is 3. The molecule has 0 spiro atoms. The van der Waals surface area contributed by atoms with Gasteiger partial charge in [-0.2, -0.15) is 15.2 Å². The van der Waals surface area contributed by atoms with Crippen molar-refractivity contribution in [2.45, 2.75) is 13.8 Å². The average molecular weight is 442 g/mol. The summed E-state index contributed by atoms with van der Waals surface area (Å²) in [6.45, 7) is 3.95. The van der Waals surface area contributed by atoms with Crippen molar-refractivity contribution in [3.8, 4) is 28.8 Å². The van der Waals surface area contributed by atoms with Gasteiger partial charge in [0.2, 0.25) is 11.8 Å². The van der Waals surface area contributed by atoms with Gasteiger partial charge in [0, 0.05) is 22.3 Å². The molecule has 7 heteroatoms. The topological polar surface area (TPSA) is 96.9 Å². The SMILES string of the molecule is Cc1cc(-c2ccccc2Cl)cc(C)c1Oc1cc(N)nc(Nc2ccc(C#N)cc2)n1. The Morgan fingerprint density at radius 3 is 2.31 bits per heavy atom. The van der Waals surface area contributed by atoms with Gasteiger partial charge in [-0.1, -0.05) is 29.8 Å². The van der Waals surface area contributed by atoms with Gasteiger partial charge in [-0.25, -0.2) is 0 Å². The molecule has 4 aromatic rings. The Bertz CT molecular complexity index is 1310. The van der Waals surface area contributed by atoms with Crippen LogP contribution < -0.4 is 15.8 Å². The third-order valence-corrected chi connectivity index (χ3v) is 5.17. The van der Waals surface area contributed by atoms with Crippen molar-refractivity contribution in [2.24, 2.45) is 0 Å². The van der Waals surface area contributed by atoms with Crippen LogP contribution in [0.25, 0.3) is 11.1 Å². The number of nitrogens with one attached hydrogen (secondary N) is 1. The molecule has 0 aliphatic heterocycles. The fraction of sp³-hybridized carbons (Fsp3) is 0.0800. The van der Waals surface area contributed by atoms with Crippen LogP contribution in [0.1, 0.15) is 16.7 Å². The monoisotopic (exact) mass is 441 g/mol. The Morgan fingerprint density at radius 1 is 0.969 bits per heavy atom. The second-order valence-corrected chi connectivity index (χ2v) is 7.70. The number of nitriles is 1. The maximum atomic E-state index is 8.94. The number of hydrogen-bond acceptors (Lipinski definition) is 6. The molecule has 158 valence electrons. The normalized spacial score (nSPS) is 10.4. The van der Waals surface area contributed by atoms with E-state index in [0.717, 1.165) is 27.9 Å². The van der Waals surface area contributed by atoms with Gasteiger partial charge in [-0.15, -0.1) is 0 Å². The summed E-state index contributed by atoms with van der Waals surface area (Å²) in [4.78, 5) is 8.65. The first-order chi connectivity index (χ1) is 15.4. The number of nitrogens with zero attached hydrogens (tertiary/aromatic N) is 3. The van der Waals surface area contributed by atoms with E-state index < -0.39 is 0 Å². The molecule has 0 atom stereocenters. The minimum atomic E-state index is 0.272. The number of hydrogen-bond donors (Lipinski definition) is 2. The number of nitrogens with two attached hydrogens (primary N) is 1. The Morgan fingerprint density at radius 2 is 1.66 bits per heavy atom. The number of rotatable bonds is 5. The third kappa shape index (κ3) is 4.64. The highest BCUT2D eigenvalue weighted by Gasteiger charge is 2.13. The molecule has 0 saturated heterocycles. The third-order valence-electron chi connectivity index (χ3n) is 4.84. The standard InChI is InChI=1S/C25H20ClN5O/c1-15-11-18(20-5-3-4-6-21(20)26)12-16(2)24(15)32-23-13-22(28)30-25(31-23)29-19-9-7-17(14-27)8-10-19/h3-13H,1-2H3,(H3,28,29,30,31). The zero-order chi connectivity index (χ0) is 22.7.